The number of hydrogen-bond donors (Lipinski definition) is 1. The summed E-state index contributed by atoms with van der Waals surface area (Å²) >= 11 is 0. The van der Waals surface area contributed by atoms with E-state index in [0.29, 0.717) is 42.7 Å². The van der Waals surface area contributed by atoms with E-state index in [2.05, 4.69) is 32.6 Å². The van der Waals surface area contributed by atoms with Gasteiger partial charge in [0.15, 0.2) is 11.5 Å². The minimum Gasteiger partial charge on any atom is -0.507 e. The quantitative estimate of drug-likeness (QED) is 0.310. The van der Waals surface area contributed by atoms with E-state index in [4.69, 9.17) is 9.47 Å². The molecule has 1 amide bonds. The number of nitrogens with zero attached hydrogens (tertiary/aromatic N) is 2. The predicted octanol–water partition coefficient (Wildman–Crippen LogP) is 4.73. The van der Waals surface area contributed by atoms with Crippen molar-refractivity contribution in [1.82, 2.24) is 9.80 Å². The minimum absolute atomic E-state index is 0.108. The molecule has 1 fully saturated rings. The molecule has 4 rings (SSSR count). The number of carbonyl (C=O) groups is 2. The molecule has 2 aromatic rings. The number of amides is 1. The average Bonchev–Trinajstić information content (AvgIpc) is 3.15. The Bertz CT molecular complexity index is 1130. The first-order valence-corrected chi connectivity index (χ1v) is 12.9. The second kappa shape index (κ2) is 11.2. The van der Waals surface area contributed by atoms with Gasteiger partial charge in [-0.25, -0.2) is 0 Å². The fourth-order valence-corrected chi connectivity index (χ4v) is 4.87. The van der Waals surface area contributed by atoms with Crippen molar-refractivity contribution in [3.63, 3.8) is 0 Å². The van der Waals surface area contributed by atoms with Gasteiger partial charge in [-0.3, -0.25) is 9.59 Å². The van der Waals surface area contributed by atoms with Crippen molar-refractivity contribution < 1.29 is 24.2 Å². The van der Waals surface area contributed by atoms with Gasteiger partial charge in [0.1, 0.15) is 19.0 Å². The summed E-state index contributed by atoms with van der Waals surface area (Å²) in [6, 6.07) is 12.4. The summed E-state index contributed by atoms with van der Waals surface area (Å²) in [5.41, 5.74) is 2.51. The molecule has 0 spiro atoms. The van der Waals surface area contributed by atoms with Gasteiger partial charge in [0.25, 0.3) is 11.7 Å². The van der Waals surface area contributed by atoms with Crippen molar-refractivity contribution in [3.8, 4) is 11.5 Å². The maximum Gasteiger partial charge on any atom is 0.295 e. The highest BCUT2D eigenvalue weighted by Gasteiger charge is 2.45. The van der Waals surface area contributed by atoms with Crippen LogP contribution in [0, 0.1) is 0 Å². The summed E-state index contributed by atoms with van der Waals surface area (Å²) in [6.45, 7) is 12.5. The first-order chi connectivity index (χ1) is 17.3. The van der Waals surface area contributed by atoms with Gasteiger partial charge >= 0.3 is 0 Å². The lowest BCUT2D eigenvalue weighted by atomic mass is 9.93. The Labute approximate surface area is 213 Å². The zero-order valence-electron chi connectivity index (χ0n) is 21.6. The molecule has 0 aromatic heterocycles. The van der Waals surface area contributed by atoms with Gasteiger partial charge in [-0.05, 0) is 61.3 Å². The molecule has 2 aromatic carbocycles. The van der Waals surface area contributed by atoms with Crippen LogP contribution in [0.15, 0.2) is 48.0 Å². The second-order valence-electron chi connectivity index (χ2n) is 9.55. The number of hydrogen-bond acceptors (Lipinski definition) is 6. The van der Waals surface area contributed by atoms with E-state index in [-0.39, 0.29) is 11.3 Å². The van der Waals surface area contributed by atoms with Crippen LogP contribution in [0.25, 0.3) is 5.76 Å². The largest absolute Gasteiger partial charge is 0.507 e. The normalized spacial score (nSPS) is 18.9. The van der Waals surface area contributed by atoms with Gasteiger partial charge in [0, 0.05) is 12.1 Å². The lowest BCUT2D eigenvalue weighted by molar-refractivity contribution is -0.140. The van der Waals surface area contributed by atoms with E-state index in [1.807, 2.05) is 24.3 Å². The molecule has 7 nitrogen and oxygen atoms in total. The van der Waals surface area contributed by atoms with Crippen LogP contribution in [0.2, 0.25) is 0 Å². The lowest BCUT2D eigenvalue weighted by Gasteiger charge is -2.27. The van der Waals surface area contributed by atoms with Gasteiger partial charge in [-0.1, -0.05) is 52.0 Å². The van der Waals surface area contributed by atoms with Crippen molar-refractivity contribution in [2.45, 2.75) is 46.1 Å². The third kappa shape index (κ3) is 5.12. The molecule has 7 heteroatoms. The monoisotopic (exact) mass is 492 g/mol. The molecule has 2 aliphatic rings. The molecule has 0 unspecified atom stereocenters. The van der Waals surface area contributed by atoms with Gasteiger partial charge in [-0.2, -0.15) is 0 Å². The number of ether oxygens (including phenoxy) is 2. The Morgan fingerprint density at radius 2 is 1.69 bits per heavy atom. The van der Waals surface area contributed by atoms with Crippen molar-refractivity contribution in [2.24, 2.45) is 0 Å². The van der Waals surface area contributed by atoms with Crippen LogP contribution in [0.4, 0.5) is 0 Å². The number of ketones is 1. The molecule has 1 saturated heterocycles. The van der Waals surface area contributed by atoms with Gasteiger partial charge in [-0.15, -0.1) is 0 Å². The highest BCUT2D eigenvalue weighted by molar-refractivity contribution is 6.46. The topological polar surface area (TPSA) is 79.3 Å². The van der Waals surface area contributed by atoms with E-state index >= 15 is 0 Å². The summed E-state index contributed by atoms with van der Waals surface area (Å²) in [7, 11) is 0. The highest BCUT2D eigenvalue weighted by Crippen LogP contribution is 2.41. The lowest BCUT2D eigenvalue weighted by Crippen LogP contribution is -2.33. The number of carbonyl (C=O) groups excluding carboxylic acids is 2. The van der Waals surface area contributed by atoms with Gasteiger partial charge < -0.3 is 24.4 Å². The Kier molecular flexibility index (Phi) is 7.99. The van der Waals surface area contributed by atoms with E-state index < -0.39 is 17.7 Å². The predicted molar refractivity (Wildman–Crippen MR) is 139 cm³/mol. The fourth-order valence-electron chi connectivity index (χ4n) is 4.87. The van der Waals surface area contributed by atoms with Gasteiger partial charge in [0.05, 0.1) is 11.6 Å². The van der Waals surface area contributed by atoms with Crippen molar-refractivity contribution in [3.05, 3.63) is 64.7 Å². The molecular formula is C29H36N2O5. The summed E-state index contributed by atoms with van der Waals surface area (Å²) < 4.78 is 11.2. The molecule has 0 aliphatic carbocycles. The molecule has 2 heterocycles. The Morgan fingerprint density at radius 3 is 2.33 bits per heavy atom. The summed E-state index contributed by atoms with van der Waals surface area (Å²) in [5, 5.41) is 11.4. The standard InChI is InChI=1S/C29H36N2O5/c1-5-30(6-2)14-7-15-31-26(21-10-8-20(9-11-21)19(3)4)25(28(33)29(31)34)27(32)22-12-13-23-24(18-22)36-17-16-35-23/h8-13,18-19,26,32H,5-7,14-17H2,1-4H3/b27-25+/t26-/m1/s1. The van der Waals surface area contributed by atoms with Crippen LogP contribution < -0.4 is 9.47 Å². The number of rotatable bonds is 9. The van der Waals surface area contributed by atoms with Crippen molar-refractivity contribution >= 4 is 17.4 Å². The molecule has 1 N–H and O–H groups in total. The molecule has 0 radical (unpaired) electrons. The number of aliphatic hydroxyl groups is 1. The van der Waals surface area contributed by atoms with Crippen molar-refractivity contribution in [1.29, 1.82) is 0 Å². The first kappa shape index (κ1) is 25.8. The molecule has 36 heavy (non-hydrogen) atoms. The Morgan fingerprint density at radius 1 is 1.03 bits per heavy atom. The van der Waals surface area contributed by atoms with E-state index in [1.165, 1.54) is 5.56 Å². The third-order valence-corrected chi connectivity index (χ3v) is 7.04. The number of Topliss-reactive ketones (excluding diaryl/α,β-unsaturated/α-hetero) is 1. The summed E-state index contributed by atoms with van der Waals surface area (Å²) in [6.07, 6.45) is 0.735. The zero-order chi connectivity index (χ0) is 25.8. The third-order valence-electron chi connectivity index (χ3n) is 7.04. The van der Waals surface area contributed by atoms with Crippen LogP contribution in [-0.4, -0.2) is 66.0 Å². The van der Waals surface area contributed by atoms with Crippen LogP contribution in [-0.2, 0) is 9.59 Å². The first-order valence-electron chi connectivity index (χ1n) is 12.9. The van der Waals surface area contributed by atoms with E-state index in [0.717, 1.165) is 31.6 Å². The molecule has 192 valence electrons. The summed E-state index contributed by atoms with van der Waals surface area (Å²) in [4.78, 5) is 30.4. The molecule has 2 aliphatic heterocycles. The zero-order valence-corrected chi connectivity index (χ0v) is 21.6. The maximum atomic E-state index is 13.3. The van der Waals surface area contributed by atoms with Gasteiger partial charge in [0.2, 0.25) is 0 Å². The Balaban J connectivity index is 1.74. The smallest absolute Gasteiger partial charge is 0.295 e. The molecule has 1 atom stereocenters. The molecule has 0 saturated carbocycles. The second-order valence-corrected chi connectivity index (χ2v) is 9.55. The molecular weight excluding hydrogens is 456 g/mol. The highest BCUT2D eigenvalue weighted by atomic mass is 16.6. The van der Waals surface area contributed by atoms with Crippen LogP contribution in [0.5, 0.6) is 11.5 Å². The van der Waals surface area contributed by atoms with Crippen LogP contribution in [0.3, 0.4) is 0 Å². The number of fused-ring (bicyclic) bond motifs is 1. The Hall–Kier alpha value is -3.32. The molecule has 0 bridgehead atoms. The summed E-state index contributed by atoms with van der Waals surface area (Å²) in [5.74, 6) is 0.0218. The SMILES string of the molecule is CCN(CC)CCCN1C(=O)C(=O)/C(=C(/O)c2ccc3c(c2)OCCO3)[C@H]1c1ccc(C(C)C)cc1. The van der Waals surface area contributed by atoms with E-state index in [1.54, 1.807) is 23.1 Å². The average molecular weight is 493 g/mol. The number of aliphatic hydroxyl groups excluding tert-OH is 1. The van der Waals surface area contributed by atoms with Crippen LogP contribution >= 0.6 is 0 Å². The minimum atomic E-state index is -0.664. The maximum absolute atomic E-state index is 13.3. The van der Waals surface area contributed by atoms with Crippen LogP contribution in [0.1, 0.15) is 62.8 Å². The number of benzene rings is 2. The fraction of sp³-hybridized carbons (Fsp3) is 0.448. The van der Waals surface area contributed by atoms with E-state index in [9.17, 15) is 14.7 Å². The number of likely N-dealkylation sites (tertiary alicyclic amines) is 1. The van der Waals surface area contributed by atoms with Crippen molar-refractivity contribution in [2.75, 3.05) is 39.4 Å².